The zero-order valence-electron chi connectivity index (χ0n) is 14.7. The van der Waals surface area contributed by atoms with E-state index in [2.05, 4.69) is 5.10 Å². The summed E-state index contributed by atoms with van der Waals surface area (Å²) in [5.41, 5.74) is 0.953. The lowest BCUT2D eigenvalue weighted by molar-refractivity contribution is -0.143. The number of carboxylic acid groups (broad SMARTS) is 1. The molecule has 1 N–H and O–H groups in total. The number of carbonyl (C=O) groups is 1. The average Bonchev–Trinajstić information content (AvgIpc) is 3.13. The van der Waals surface area contributed by atoms with Gasteiger partial charge in [-0.1, -0.05) is 0 Å². The van der Waals surface area contributed by atoms with Gasteiger partial charge in [0.2, 0.25) is 0 Å². The van der Waals surface area contributed by atoms with Crippen molar-refractivity contribution in [2.45, 2.75) is 44.6 Å². The number of methoxy groups -OCH3 is 1. The number of benzene rings is 1. The van der Waals surface area contributed by atoms with Crippen molar-refractivity contribution >= 4 is 12.2 Å². The number of nitrogens with zero attached hydrogens (tertiary/aromatic N) is 2. The van der Waals surface area contributed by atoms with Gasteiger partial charge >= 0.3 is 5.97 Å². The first-order valence-corrected chi connectivity index (χ1v) is 9.02. The highest BCUT2D eigenvalue weighted by molar-refractivity contribution is 5.80. The Morgan fingerprint density at radius 3 is 2.56 bits per heavy atom. The van der Waals surface area contributed by atoms with Gasteiger partial charge in [0.1, 0.15) is 0 Å². The molecule has 1 aromatic carbocycles. The molecule has 0 radical (unpaired) electrons. The Bertz CT molecular complexity index is 618. The van der Waals surface area contributed by atoms with Crippen molar-refractivity contribution in [2.24, 2.45) is 11.0 Å². The minimum Gasteiger partial charge on any atom is -0.493 e. The number of hydrogen-bond acceptors (Lipinski definition) is 5. The fourth-order valence-corrected chi connectivity index (χ4v) is 3.43. The normalized spacial score (nSPS) is 19.5. The molecule has 1 aliphatic carbocycles. The second kappa shape index (κ2) is 8.23. The minimum atomic E-state index is -0.701. The highest BCUT2D eigenvalue weighted by Gasteiger charge is 2.23. The van der Waals surface area contributed by atoms with Crippen LogP contribution in [0.2, 0.25) is 0 Å². The van der Waals surface area contributed by atoms with Crippen molar-refractivity contribution in [2.75, 3.05) is 20.2 Å². The summed E-state index contributed by atoms with van der Waals surface area (Å²) >= 11 is 0. The highest BCUT2D eigenvalue weighted by Crippen LogP contribution is 2.32. The molecule has 0 aromatic heterocycles. The predicted molar refractivity (Wildman–Crippen MR) is 95.4 cm³/mol. The molecule has 2 fully saturated rings. The average molecular weight is 346 g/mol. The van der Waals surface area contributed by atoms with Gasteiger partial charge in [0.15, 0.2) is 11.5 Å². The molecular formula is C19H26N2O4. The minimum absolute atomic E-state index is 0.237. The molecule has 1 heterocycles. The molecule has 2 aliphatic rings. The van der Waals surface area contributed by atoms with E-state index in [9.17, 15) is 4.79 Å². The van der Waals surface area contributed by atoms with Gasteiger partial charge in [-0.2, -0.15) is 5.10 Å². The zero-order chi connectivity index (χ0) is 17.6. The Hall–Kier alpha value is -2.24. The number of rotatable bonds is 6. The van der Waals surface area contributed by atoms with Crippen molar-refractivity contribution in [3.05, 3.63) is 23.8 Å². The van der Waals surface area contributed by atoms with Gasteiger partial charge in [0.25, 0.3) is 0 Å². The van der Waals surface area contributed by atoms with Crippen LogP contribution in [0.15, 0.2) is 23.3 Å². The third-order valence-corrected chi connectivity index (χ3v) is 4.97. The van der Waals surface area contributed by atoms with Crippen LogP contribution in [0.1, 0.15) is 44.1 Å². The molecule has 0 spiro atoms. The summed E-state index contributed by atoms with van der Waals surface area (Å²) in [7, 11) is 1.65. The van der Waals surface area contributed by atoms with E-state index in [1.807, 2.05) is 29.4 Å². The first-order chi connectivity index (χ1) is 12.2. The van der Waals surface area contributed by atoms with Crippen molar-refractivity contribution in [1.82, 2.24) is 5.01 Å². The summed E-state index contributed by atoms with van der Waals surface area (Å²) in [5.74, 6) is 0.570. The van der Waals surface area contributed by atoms with Gasteiger partial charge in [0, 0.05) is 13.1 Å². The smallest absolute Gasteiger partial charge is 0.306 e. The number of carboxylic acids is 1. The monoisotopic (exact) mass is 346 g/mol. The van der Waals surface area contributed by atoms with Crippen LogP contribution in [0, 0.1) is 5.92 Å². The molecule has 1 saturated carbocycles. The molecule has 3 rings (SSSR count). The summed E-state index contributed by atoms with van der Waals surface area (Å²) < 4.78 is 11.5. The number of piperidine rings is 1. The molecule has 0 unspecified atom stereocenters. The quantitative estimate of drug-likeness (QED) is 0.801. The van der Waals surface area contributed by atoms with Gasteiger partial charge in [-0.3, -0.25) is 9.80 Å². The fourth-order valence-electron chi connectivity index (χ4n) is 3.43. The van der Waals surface area contributed by atoms with Crippen LogP contribution in [-0.4, -0.2) is 48.6 Å². The first kappa shape index (κ1) is 17.6. The number of hydrazone groups is 1. The maximum absolute atomic E-state index is 11.0. The van der Waals surface area contributed by atoms with E-state index in [1.54, 1.807) is 7.11 Å². The van der Waals surface area contributed by atoms with Crippen molar-refractivity contribution < 1.29 is 19.4 Å². The molecular weight excluding hydrogens is 320 g/mol. The lowest BCUT2D eigenvalue weighted by Gasteiger charge is -2.27. The second-order valence-corrected chi connectivity index (χ2v) is 6.75. The zero-order valence-corrected chi connectivity index (χ0v) is 14.7. The van der Waals surface area contributed by atoms with Gasteiger partial charge in [0.05, 0.1) is 25.3 Å². The Balaban J connectivity index is 1.63. The molecule has 25 heavy (non-hydrogen) atoms. The predicted octanol–water partition coefficient (Wildman–Crippen LogP) is 3.15. The first-order valence-electron chi connectivity index (χ1n) is 9.02. The second-order valence-electron chi connectivity index (χ2n) is 6.75. The molecule has 136 valence electrons. The third kappa shape index (κ3) is 4.65. The lowest BCUT2D eigenvalue weighted by atomic mass is 9.98. The maximum Gasteiger partial charge on any atom is 0.306 e. The van der Waals surface area contributed by atoms with Crippen molar-refractivity contribution in [3.63, 3.8) is 0 Å². The van der Waals surface area contributed by atoms with Crippen molar-refractivity contribution in [3.8, 4) is 11.5 Å². The summed E-state index contributed by atoms with van der Waals surface area (Å²) in [4.78, 5) is 11.0. The maximum atomic E-state index is 11.0. The lowest BCUT2D eigenvalue weighted by Crippen LogP contribution is -2.33. The molecule has 1 saturated heterocycles. The van der Waals surface area contributed by atoms with E-state index in [4.69, 9.17) is 14.6 Å². The van der Waals surface area contributed by atoms with E-state index in [-0.39, 0.29) is 12.0 Å². The standard InChI is InChI=1S/C19H26N2O4/c1-24-17-7-6-14(12-18(17)25-16-4-2-3-5-16)13-20-21-10-8-15(9-11-21)19(22)23/h6-7,12-13,15-16H,2-5,8-11H2,1H3,(H,22,23)/b20-13+. The van der Waals surface area contributed by atoms with Crippen molar-refractivity contribution in [1.29, 1.82) is 0 Å². The molecule has 0 bridgehead atoms. The molecule has 1 aliphatic heterocycles. The van der Waals surface area contributed by atoms with Gasteiger partial charge < -0.3 is 14.6 Å². The molecule has 0 amide bonds. The van der Waals surface area contributed by atoms with E-state index < -0.39 is 5.97 Å². The summed E-state index contributed by atoms with van der Waals surface area (Å²) in [6.07, 6.45) is 8.01. The van der Waals surface area contributed by atoms with Crippen LogP contribution in [-0.2, 0) is 4.79 Å². The molecule has 6 heteroatoms. The van der Waals surface area contributed by atoms with Crippen LogP contribution in [0.5, 0.6) is 11.5 Å². The highest BCUT2D eigenvalue weighted by atomic mass is 16.5. The number of hydrogen-bond donors (Lipinski definition) is 1. The van der Waals surface area contributed by atoms with E-state index in [0.717, 1.165) is 29.9 Å². The Kier molecular flexibility index (Phi) is 5.79. The van der Waals surface area contributed by atoms with Crippen LogP contribution in [0.3, 0.4) is 0 Å². The molecule has 1 aromatic rings. The fraction of sp³-hybridized carbons (Fsp3) is 0.579. The van der Waals surface area contributed by atoms with Gasteiger partial charge in [-0.25, -0.2) is 0 Å². The van der Waals surface area contributed by atoms with E-state index in [1.165, 1.54) is 12.8 Å². The molecule has 6 nitrogen and oxygen atoms in total. The van der Waals surface area contributed by atoms with Gasteiger partial charge in [-0.05, 0) is 62.3 Å². The summed E-state index contributed by atoms with van der Waals surface area (Å²) in [5, 5.41) is 15.5. The van der Waals surface area contributed by atoms with Gasteiger partial charge in [-0.15, -0.1) is 0 Å². The van der Waals surface area contributed by atoms with Crippen LogP contribution >= 0.6 is 0 Å². The summed E-state index contributed by atoms with van der Waals surface area (Å²) in [6, 6.07) is 5.82. The Labute approximate surface area is 148 Å². The van der Waals surface area contributed by atoms with E-state index >= 15 is 0 Å². The van der Waals surface area contributed by atoms with Crippen LogP contribution in [0.4, 0.5) is 0 Å². The van der Waals surface area contributed by atoms with Crippen LogP contribution < -0.4 is 9.47 Å². The summed E-state index contributed by atoms with van der Waals surface area (Å²) in [6.45, 7) is 1.35. The Morgan fingerprint density at radius 1 is 1.20 bits per heavy atom. The van der Waals surface area contributed by atoms with E-state index in [0.29, 0.717) is 25.9 Å². The topological polar surface area (TPSA) is 71.4 Å². The SMILES string of the molecule is COc1ccc(/C=N/N2CCC(C(=O)O)CC2)cc1OC1CCCC1. The van der Waals surface area contributed by atoms with Crippen LogP contribution in [0.25, 0.3) is 0 Å². The Morgan fingerprint density at radius 2 is 1.92 bits per heavy atom. The number of ether oxygens (including phenoxy) is 2. The number of aliphatic carboxylic acids is 1. The third-order valence-electron chi connectivity index (χ3n) is 4.97. The molecule has 0 atom stereocenters. The largest absolute Gasteiger partial charge is 0.493 e.